The first-order chi connectivity index (χ1) is 16.3. The number of esters is 1. The van der Waals surface area contributed by atoms with Gasteiger partial charge in [-0.05, 0) is 38.7 Å². The fourth-order valence-corrected chi connectivity index (χ4v) is 14.6. The van der Waals surface area contributed by atoms with Crippen LogP contribution in [0.25, 0.3) is 0 Å². The first-order valence-electron chi connectivity index (χ1n) is 13.5. The molecule has 0 bridgehead atoms. The molecule has 0 aromatic heterocycles. The van der Waals surface area contributed by atoms with Gasteiger partial charge in [0.2, 0.25) is 5.91 Å². The third-order valence-electron chi connectivity index (χ3n) is 9.48. The second-order valence-electron chi connectivity index (χ2n) is 13.1. The molecule has 194 valence electrons. The van der Waals surface area contributed by atoms with E-state index in [0.29, 0.717) is 23.2 Å². The SMILES string of the molecule is CC(C)[Si](C[C@H]1C[C@@H]2[C@H]3OC[C@H](c4ccccc4)N3C(=O)[C@]12C(=O)OC(C)(C)C)(C(C)C)C(C)C. The van der Waals surface area contributed by atoms with E-state index in [1.165, 1.54) is 0 Å². The van der Waals surface area contributed by atoms with Crippen molar-refractivity contribution in [2.75, 3.05) is 6.61 Å². The molecule has 35 heavy (non-hydrogen) atoms. The van der Waals surface area contributed by atoms with Gasteiger partial charge in [-0.25, -0.2) is 0 Å². The van der Waals surface area contributed by atoms with Crippen LogP contribution in [0.5, 0.6) is 0 Å². The summed E-state index contributed by atoms with van der Waals surface area (Å²) < 4.78 is 12.3. The maximum absolute atomic E-state index is 14.4. The summed E-state index contributed by atoms with van der Waals surface area (Å²) in [5, 5.41) is 0. The quantitative estimate of drug-likeness (QED) is 0.242. The van der Waals surface area contributed by atoms with Crippen LogP contribution in [0.1, 0.15) is 80.3 Å². The maximum atomic E-state index is 14.4. The molecule has 0 N–H and O–H groups in total. The van der Waals surface area contributed by atoms with Crippen molar-refractivity contribution in [3.05, 3.63) is 35.9 Å². The lowest BCUT2D eigenvalue weighted by atomic mass is 9.54. The van der Waals surface area contributed by atoms with Crippen LogP contribution >= 0.6 is 0 Å². The molecule has 3 aliphatic rings. The van der Waals surface area contributed by atoms with Gasteiger partial charge in [0.05, 0.1) is 20.7 Å². The minimum absolute atomic E-state index is 0.0133. The highest BCUT2D eigenvalue weighted by molar-refractivity contribution is 6.83. The number of hydrogen-bond acceptors (Lipinski definition) is 4. The molecule has 2 aliphatic heterocycles. The number of ether oxygens (including phenoxy) is 2. The van der Waals surface area contributed by atoms with E-state index in [1.54, 1.807) is 0 Å². The predicted octanol–water partition coefficient (Wildman–Crippen LogP) is 6.57. The number of benzene rings is 1. The van der Waals surface area contributed by atoms with Gasteiger partial charge in [-0.3, -0.25) is 9.59 Å². The lowest BCUT2D eigenvalue weighted by molar-refractivity contribution is -0.191. The number of carbonyl (C=O) groups is 2. The number of rotatable bonds is 7. The van der Waals surface area contributed by atoms with Crippen molar-refractivity contribution >= 4 is 20.0 Å². The zero-order valence-corrected chi connectivity index (χ0v) is 24.1. The maximum Gasteiger partial charge on any atom is 0.322 e. The van der Waals surface area contributed by atoms with Crippen molar-refractivity contribution in [1.82, 2.24) is 4.90 Å². The van der Waals surface area contributed by atoms with Crippen LogP contribution in [0, 0.1) is 17.3 Å². The average Bonchev–Trinajstić information content (AvgIpc) is 3.23. The second-order valence-corrected chi connectivity index (χ2v) is 19.2. The summed E-state index contributed by atoms with van der Waals surface area (Å²) in [5.41, 5.74) is 1.01. The molecular formula is C29H45NO4Si. The molecular weight excluding hydrogens is 454 g/mol. The Balaban J connectivity index is 1.76. The van der Waals surface area contributed by atoms with E-state index in [4.69, 9.17) is 9.47 Å². The van der Waals surface area contributed by atoms with Gasteiger partial charge in [-0.2, -0.15) is 0 Å². The highest BCUT2D eigenvalue weighted by atomic mass is 28.3. The average molecular weight is 500 g/mol. The summed E-state index contributed by atoms with van der Waals surface area (Å²) in [7, 11) is -1.84. The zero-order chi connectivity index (χ0) is 25.9. The normalized spacial score (nSPS) is 30.6. The molecule has 1 aromatic rings. The van der Waals surface area contributed by atoms with Crippen LogP contribution < -0.4 is 0 Å². The molecule has 0 unspecified atom stereocenters. The van der Waals surface area contributed by atoms with E-state index in [0.717, 1.165) is 18.0 Å². The molecule has 0 spiro atoms. The summed E-state index contributed by atoms with van der Waals surface area (Å²) in [5.74, 6) is -0.523. The molecule has 3 fully saturated rings. The van der Waals surface area contributed by atoms with E-state index in [2.05, 4.69) is 53.7 Å². The van der Waals surface area contributed by atoms with E-state index in [-0.39, 0.29) is 36.0 Å². The number of fused-ring (bicyclic) bond motifs is 3. The van der Waals surface area contributed by atoms with E-state index < -0.39 is 19.1 Å². The van der Waals surface area contributed by atoms with E-state index in [9.17, 15) is 9.59 Å². The summed E-state index contributed by atoms with van der Waals surface area (Å²) in [4.78, 5) is 30.4. The molecule has 1 aliphatic carbocycles. The van der Waals surface area contributed by atoms with Gasteiger partial charge in [-0.1, -0.05) is 94.5 Å². The number of nitrogens with zero attached hydrogens (tertiary/aromatic N) is 1. The fourth-order valence-electron chi connectivity index (χ4n) is 7.88. The second kappa shape index (κ2) is 9.02. The van der Waals surface area contributed by atoms with Crippen LogP contribution in [-0.4, -0.2) is 43.3 Å². The topological polar surface area (TPSA) is 55.8 Å². The van der Waals surface area contributed by atoms with Crippen molar-refractivity contribution in [1.29, 1.82) is 0 Å². The zero-order valence-electron chi connectivity index (χ0n) is 23.1. The summed E-state index contributed by atoms with van der Waals surface area (Å²) >= 11 is 0. The Morgan fingerprint density at radius 3 is 2.17 bits per heavy atom. The van der Waals surface area contributed by atoms with Crippen LogP contribution in [0.2, 0.25) is 22.7 Å². The van der Waals surface area contributed by atoms with Crippen molar-refractivity contribution < 1.29 is 19.1 Å². The Morgan fingerprint density at radius 2 is 1.66 bits per heavy atom. The lowest BCUT2D eigenvalue weighted by Crippen LogP contribution is -2.62. The third kappa shape index (κ3) is 3.90. The minimum atomic E-state index is -1.84. The molecule has 0 radical (unpaired) electrons. The molecule has 1 aromatic carbocycles. The van der Waals surface area contributed by atoms with Crippen molar-refractivity contribution in [2.24, 2.45) is 17.3 Å². The number of carbonyl (C=O) groups excluding carboxylic acids is 2. The largest absolute Gasteiger partial charge is 0.459 e. The predicted molar refractivity (Wildman–Crippen MR) is 141 cm³/mol. The Kier molecular flexibility index (Phi) is 6.80. The van der Waals surface area contributed by atoms with Gasteiger partial charge in [-0.15, -0.1) is 0 Å². The lowest BCUT2D eigenvalue weighted by Gasteiger charge is -2.54. The molecule has 1 saturated carbocycles. The monoisotopic (exact) mass is 499 g/mol. The summed E-state index contributed by atoms with van der Waals surface area (Å²) in [6, 6.07) is 10.9. The molecule has 5 nitrogen and oxygen atoms in total. The Bertz CT molecular complexity index is 931. The van der Waals surface area contributed by atoms with Gasteiger partial charge in [0.1, 0.15) is 11.8 Å². The molecule has 4 rings (SSSR count). The molecule has 2 heterocycles. The Hall–Kier alpha value is -1.66. The standard InChI is InChI=1S/C29H45NO4Si/c1-18(2)35(19(3)4,20(5)6)17-22-15-23-25-30(24(16-33-25)21-13-11-10-12-14-21)26(31)29(22,23)27(32)34-28(7,8)9/h10-14,18-20,22-25H,15-17H2,1-9H3/t22-,23-,24-,25-,29+/m1/s1. The van der Waals surface area contributed by atoms with Gasteiger partial charge in [0.25, 0.3) is 0 Å². The Morgan fingerprint density at radius 1 is 1.09 bits per heavy atom. The van der Waals surface area contributed by atoms with E-state index >= 15 is 0 Å². The van der Waals surface area contributed by atoms with E-state index in [1.807, 2.05) is 43.9 Å². The third-order valence-corrected chi connectivity index (χ3v) is 17.1. The first kappa shape index (κ1) is 26.4. The molecule has 5 atom stereocenters. The van der Waals surface area contributed by atoms with Crippen LogP contribution in [0.3, 0.4) is 0 Å². The fraction of sp³-hybridized carbons (Fsp3) is 0.724. The van der Waals surface area contributed by atoms with Gasteiger partial charge < -0.3 is 14.4 Å². The van der Waals surface area contributed by atoms with Gasteiger partial charge >= 0.3 is 5.97 Å². The molecule has 2 saturated heterocycles. The highest BCUT2D eigenvalue weighted by Crippen LogP contribution is 2.67. The van der Waals surface area contributed by atoms with Gasteiger partial charge in [0.15, 0.2) is 5.41 Å². The first-order valence-corrected chi connectivity index (χ1v) is 15.9. The van der Waals surface area contributed by atoms with Crippen molar-refractivity contribution in [2.45, 2.75) is 109 Å². The van der Waals surface area contributed by atoms with Crippen LogP contribution in [0.4, 0.5) is 0 Å². The molecule has 1 amide bonds. The smallest absolute Gasteiger partial charge is 0.322 e. The number of hydrogen-bond donors (Lipinski definition) is 0. The summed E-state index contributed by atoms with van der Waals surface area (Å²) in [6.07, 6.45) is 0.513. The van der Waals surface area contributed by atoms with Crippen molar-refractivity contribution in [3.63, 3.8) is 0 Å². The van der Waals surface area contributed by atoms with Gasteiger partial charge in [0, 0.05) is 5.92 Å². The molecule has 6 heteroatoms. The van der Waals surface area contributed by atoms with Crippen LogP contribution in [0.15, 0.2) is 30.3 Å². The minimum Gasteiger partial charge on any atom is -0.459 e. The summed E-state index contributed by atoms with van der Waals surface area (Å²) in [6.45, 7) is 20.3. The van der Waals surface area contributed by atoms with Crippen molar-refractivity contribution in [3.8, 4) is 0 Å². The van der Waals surface area contributed by atoms with Crippen LogP contribution in [-0.2, 0) is 19.1 Å². The Labute approximate surface area is 212 Å². The number of amides is 1. The highest BCUT2D eigenvalue weighted by Gasteiger charge is 2.77.